The van der Waals surface area contributed by atoms with Gasteiger partial charge in [-0.25, -0.2) is 0 Å². The van der Waals surface area contributed by atoms with Gasteiger partial charge >= 0.3 is 0 Å². The second kappa shape index (κ2) is 3.14. The van der Waals surface area contributed by atoms with Crippen LogP contribution < -0.4 is 15.2 Å². The van der Waals surface area contributed by atoms with E-state index >= 15 is 0 Å². The van der Waals surface area contributed by atoms with Gasteiger partial charge in [-0.05, 0) is 31.4 Å². The highest BCUT2D eigenvalue weighted by atomic mass is 16.7. The molecular formula is C12H15NO2. The van der Waals surface area contributed by atoms with E-state index in [1.54, 1.807) is 0 Å². The van der Waals surface area contributed by atoms with Crippen LogP contribution in [0.1, 0.15) is 25.7 Å². The van der Waals surface area contributed by atoms with Gasteiger partial charge in [-0.3, -0.25) is 0 Å². The molecule has 3 nitrogen and oxygen atoms in total. The highest BCUT2D eigenvalue weighted by Crippen LogP contribution is 2.40. The van der Waals surface area contributed by atoms with Crippen LogP contribution in [-0.2, 0) is 0 Å². The molecule has 1 aromatic rings. The third kappa shape index (κ3) is 1.79. The molecule has 15 heavy (non-hydrogen) atoms. The predicted octanol–water partition coefficient (Wildman–Crippen LogP) is 2.06. The maximum absolute atomic E-state index is 6.02. The summed E-state index contributed by atoms with van der Waals surface area (Å²) in [6.45, 7) is 0. The Kier molecular flexibility index (Phi) is 1.89. The third-order valence-electron chi connectivity index (χ3n) is 3.14. The van der Waals surface area contributed by atoms with Gasteiger partial charge in [0.15, 0.2) is 11.5 Å². The second-order valence-electron chi connectivity index (χ2n) is 4.51. The Labute approximate surface area is 89.2 Å². The van der Waals surface area contributed by atoms with Crippen molar-refractivity contribution in [3.63, 3.8) is 0 Å². The van der Waals surface area contributed by atoms with Gasteiger partial charge in [-0.2, -0.15) is 0 Å². The van der Waals surface area contributed by atoms with Crippen molar-refractivity contribution in [1.82, 2.24) is 0 Å². The lowest BCUT2D eigenvalue weighted by molar-refractivity contribution is 0.0378. The summed E-state index contributed by atoms with van der Waals surface area (Å²) in [6.07, 6.45) is 4.03. The fourth-order valence-electron chi connectivity index (χ4n) is 1.89. The lowest BCUT2D eigenvalue weighted by atomic mass is 10.1. The monoisotopic (exact) mass is 205 g/mol. The zero-order chi connectivity index (χ0) is 10.3. The first kappa shape index (κ1) is 9.04. The quantitative estimate of drug-likeness (QED) is 0.821. The lowest BCUT2D eigenvalue weighted by Gasteiger charge is -2.13. The zero-order valence-corrected chi connectivity index (χ0v) is 8.61. The molecule has 1 aliphatic heterocycles. The van der Waals surface area contributed by atoms with E-state index in [0.29, 0.717) is 0 Å². The summed E-state index contributed by atoms with van der Waals surface area (Å²) in [6, 6.07) is 7.78. The van der Waals surface area contributed by atoms with Crippen molar-refractivity contribution in [2.45, 2.75) is 37.5 Å². The van der Waals surface area contributed by atoms with Crippen molar-refractivity contribution in [3.8, 4) is 11.5 Å². The number of ether oxygens (including phenoxy) is 2. The summed E-state index contributed by atoms with van der Waals surface area (Å²) >= 11 is 0. The number of fused-ring (bicyclic) bond motifs is 1. The van der Waals surface area contributed by atoms with Gasteiger partial charge in [-0.15, -0.1) is 0 Å². The molecule has 0 unspecified atom stereocenters. The van der Waals surface area contributed by atoms with E-state index in [1.807, 2.05) is 24.3 Å². The molecule has 2 N–H and O–H groups in total. The summed E-state index contributed by atoms with van der Waals surface area (Å²) < 4.78 is 11.3. The lowest BCUT2D eigenvalue weighted by Crippen LogP contribution is -2.26. The average molecular weight is 205 g/mol. The van der Waals surface area contributed by atoms with Crippen molar-refractivity contribution in [3.05, 3.63) is 24.3 Å². The molecule has 1 saturated carbocycles. The Morgan fingerprint density at radius 2 is 1.80 bits per heavy atom. The fraction of sp³-hybridized carbons (Fsp3) is 0.500. The minimum Gasteiger partial charge on any atom is -0.451 e. The minimum absolute atomic E-state index is 0.0848. The molecule has 0 atom stereocenters. The largest absolute Gasteiger partial charge is 0.451 e. The standard InChI is InChI=1S/C12H15NO2/c13-12(7-8-12)6-5-11-14-9-3-1-2-4-10(9)15-11/h1-4,11H,5-8,13H2. The molecule has 0 amide bonds. The van der Waals surface area contributed by atoms with Crippen molar-refractivity contribution in [1.29, 1.82) is 0 Å². The van der Waals surface area contributed by atoms with E-state index in [4.69, 9.17) is 15.2 Å². The normalized spacial score (nSPS) is 21.7. The molecule has 1 fully saturated rings. The van der Waals surface area contributed by atoms with Gasteiger partial charge in [-0.1, -0.05) is 12.1 Å². The summed E-state index contributed by atoms with van der Waals surface area (Å²) in [5.74, 6) is 1.70. The number of hydrogen-bond donors (Lipinski definition) is 1. The predicted molar refractivity (Wildman–Crippen MR) is 56.9 cm³/mol. The van der Waals surface area contributed by atoms with Crippen LogP contribution in [0.25, 0.3) is 0 Å². The first-order chi connectivity index (χ1) is 7.25. The Bertz CT molecular complexity index is 349. The smallest absolute Gasteiger partial charge is 0.241 e. The van der Waals surface area contributed by atoms with Crippen molar-refractivity contribution < 1.29 is 9.47 Å². The van der Waals surface area contributed by atoms with Gasteiger partial charge in [0.25, 0.3) is 0 Å². The molecule has 0 saturated heterocycles. The van der Waals surface area contributed by atoms with Crippen LogP contribution in [0.3, 0.4) is 0 Å². The number of para-hydroxylation sites is 2. The maximum Gasteiger partial charge on any atom is 0.241 e. The molecule has 1 heterocycles. The summed E-state index contributed by atoms with van der Waals surface area (Å²) in [5.41, 5.74) is 6.10. The molecule has 0 spiro atoms. The number of benzene rings is 1. The summed E-state index contributed by atoms with van der Waals surface area (Å²) in [7, 11) is 0. The van der Waals surface area contributed by atoms with Crippen LogP contribution in [-0.4, -0.2) is 11.8 Å². The molecule has 1 aromatic carbocycles. The molecule has 1 aliphatic carbocycles. The number of rotatable bonds is 3. The molecule has 80 valence electrons. The first-order valence-electron chi connectivity index (χ1n) is 5.46. The number of nitrogens with two attached hydrogens (primary N) is 1. The molecule has 0 radical (unpaired) electrons. The molecular weight excluding hydrogens is 190 g/mol. The van der Waals surface area contributed by atoms with Crippen LogP contribution in [0.4, 0.5) is 0 Å². The van der Waals surface area contributed by atoms with Crippen LogP contribution in [0.5, 0.6) is 11.5 Å². The van der Waals surface area contributed by atoms with Crippen LogP contribution in [0.2, 0.25) is 0 Å². The summed E-state index contributed by atoms with van der Waals surface area (Å²) in [4.78, 5) is 0. The van der Waals surface area contributed by atoms with E-state index in [1.165, 1.54) is 0 Å². The van der Waals surface area contributed by atoms with Gasteiger partial charge < -0.3 is 15.2 Å². The number of hydrogen-bond acceptors (Lipinski definition) is 3. The third-order valence-corrected chi connectivity index (χ3v) is 3.14. The Balaban J connectivity index is 1.59. The zero-order valence-electron chi connectivity index (χ0n) is 8.61. The minimum atomic E-state index is -0.136. The maximum atomic E-state index is 6.02. The van der Waals surface area contributed by atoms with E-state index in [0.717, 1.165) is 37.2 Å². The highest BCUT2D eigenvalue weighted by Gasteiger charge is 2.39. The van der Waals surface area contributed by atoms with Crippen molar-refractivity contribution in [2.75, 3.05) is 0 Å². The Hall–Kier alpha value is -1.22. The van der Waals surface area contributed by atoms with E-state index in [2.05, 4.69) is 0 Å². The Morgan fingerprint density at radius 3 is 2.33 bits per heavy atom. The SMILES string of the molecule is NC1(CCC2Oc3ccccc3O2)CC1. The van der Waals surface area contributed by atoms with Crippen LogP contribution in [0, 0.1) is 0 Å². The van der Waals surface area contributed by atoms with E-state index in [-0.39, 0.29) is 11.8 Å². The van der Waals surface area contributed by atoms with Crippen molar-refractivity contribution >= 4 is 0 Å². The van der Waals surface area contributed by atoms with Gasteiger partial charge in [0, 0.05) is 12.0 Å². The van der Waals surface area contributed by atoms with Gasteiger partial charge in [0.1, 0.15) is 0 Å². The first-order valence-corrected chi connectivity index (χ1v) is 5.46. The van der Waals surface area contributed by atoms with Gasteiger partial charge in [0.05, 0.1) is 0 Å². The average Bonchev–Trinajstić information content (AvgIpc) is 2.83. The van der Waals surface area contributed by atoms with Crippen LogP contribution in [0.15, 0.2) is 24.3 Å². The summed E-state index contributed by atoms with van der Waals surface area (Å²) in [5, 5.41) is 0. The molecule has 0 bridgehead atoms. The van der Waals surface area contributed by atoms with Gasteiger partial charge in [0.2, 0.25) is 6.29 Å². The molecule has 3 heteroatoms. The molecule has 0 aromatic heterocycles. The highest BCUT2D eigenvalue weighted by molar-refractivity contribution is 5.41. The molecule has 3 rings (SSSR count). The van der Waals surface area contributed by atoms with E-state index in [9.17, 15) is 0 Å². The topological polar surface area (TPSA) is 44.5 Å². The van der Waals surface area contributed by atoms with Crippen molar-refractivity contribution in [2.24, 2.45) is 5.73 Å². The van der Waals surface area contributed by atoms with Crippen LogP contribution >= 0.6 is 0 Å². The Morgan fingerprint density at radius 1 is 1.20 bits per heavy atom. The van der Waals surface area contributed by atoms with E-state index < -0.39 is 0 Å². The fourth-order valence-corrected chi connectivity index (χ4v) is 1.89. The second-order valence-corrected chi connectivity index (χ2v) is 4.51. The molecule has 2 aliphatic rings.